The van der Waals surface area contributed by atoms with Crippen LogP contribution in [0.2, 0.25) is 0 Å². The van der Waals surface area contributed by atoms with Crippen LogP contribution in [0.3, 0.4) is 0 Å². The number of aliphatic hydroxyl groups is 2. The molecule has 3 saturated carbocycles. The van der Waals surface area contributed by atoms with Gasteiger partial charge < -0.3 is 10.2 Å². The molecule has 0 aromatic rings. The molecule has 4 rings (SSSR count). The van der Waals surface area contributed by atoms with Gasteiger partial charge in [-0.2, -0.15) is 4.91 Å². The van der Waals surface area contributed by atoms with E-state index in [2.05, 4.69) is 12.1 Å². The van der Waals surface area contributed by atoms with Gasteiger partial charge in [0, 0.05) is 11.8 Å². The fourth-order valence-corrected chi connectivity index (χ4v) is 7.38. The van der Waals surface area contributed by atoms with E-state index in [1.54, 1.807) is 6.08 Å². The van der Waals surface area contributed by atoms with Crippen LogP contribution in [0.25, 0.3) is 0 Å². The summed E-state index contributed by atoms with van der Waals surface area (Å²) in [6, 6.07) is -0.491. The molecule has 0 bridgehead atoms. The molecule has 7 atom stereocenters. The van der Waals surface area contributed by atoms with E-state index < -0.39 is 29.4 Å². The molecule has 0 amide bonds. The second kappa shape index (κ2) is 6.05. The number of hydrogen-bond acceptors (Lipinski definition) is 6. The van der Waals surface area contributed by atoms with Crippen LogP contribution in [0.4, 0.5) is 0 Å². The molecule has 0 saturated heterocycles. The van der Waals surface area contributed by atoms with Gasteiger partial charge in [0.25, 0.3) is 0 Å². The zero-order valence-electron chi connectivity index (χ0n) is 16.1. The van der Waals surface area contributed by atoms with Crippen molar-refractivity contribution in [1.82, 2.24) is 0 Å². The summed E-state index contributed by atoms with van der Waals surface area (Å²) >= 11 is 0. The molecule has 2 N–H and O–H groups in total. The van der Waals surface area contributed by atoms with Crippen molar-refractivity contribution in [2.75, 3.05) is 6.61 Å². The zero-order chi connectivity index (χ0) is 19.6. The van der Waals surface area contributed by atoms with Gasteiger partial charge in [-0.15, -0.1) is 0 Å². The average molecular weight is 375 g/mol. The lowest BCUT2D eigenvalue weighted by Gasteiger charge is -2.60. The molecule has 0 aliphatic heterocycles. The molecule has 148 valence electrons. The van der Waals surface area contributed by atoms with E-state index in [9.17, 15) is 24.7 Å². The summed E-state index contributed by atoms with van der Waals surface area (Å²) in [6.45, 7) is 3.40. The van der Waals surface area contributed by atoms with Gasteiger partial charge >= 0.3 is 0 Å². The van der Waals surface area contributed by atoms with Gasteiger partial charge in [0.1, 0.15) is 12.2 Å². The summed E-state index contributed by atoms with van der Waals surface area (Å²) in [4.78, 5) is 36.3. The van der Waals surface area contributed by atoms with Gasteiger partial charge in [-0.25, -0.2) is 0 Å². The molecule has 7 unspecified atom stereocenters. The number of allylic oxidation sites excluding steroid dienone is 1. The van der Waals surface area contributed by atoms with Crippen LogP contribution in [0, 0.1) is 33.5 Å². The number of fused-ring (bicyclic) bond motifs is 5. The number of Topliss-reactive ketones (excluding diaryl/α,β-unsaturated/α-hetero) is 1. The van der Waals surface area contributed by atoms with Gasteiger partial charge in [0.15, 0.2) is 11.6 Å². The summed E-state index contributed by atoms with van der Waals surface area (Å²) in [6.07, 6.45) is 6.14. The van der Waals surface area contributed by atoms with E-state index >= 15 is 0 Å². The summed E-state index contributed by atoms with van der Waals surface area (Å²) in [7, 11) is 0. The molecule has 0 heterocycles. The standard InChI is InChI=1S/C21H29NO5/c1-19-7-5-13(24)9-12(19)3-4-14-15-6-8-21(26,17(25)11-23)20(15,2)10-16(22-27)18(14)19/h9,14-16,18,23,26H,3-8,10-11H2,1-2H3. The fraction of sp³-hybridized carbons (Fsp3) is 0.810. The molecule has 6 heteroatoms. The molecule has 27 heavy (non-hydrogen) atoms. The molecule has 4 aliphatic carbocycles. The van der Waals surface area contributed by atoms with Gasteiger partial charge in [-0.3, -0.25) is 9.59 Å². The maximum absolute atomic E-state index is 12.4. The van der Waals surface area contributed by atoms with Gasteiger partial charge in [-0.1, -0.05) is 24.6 Å². The van der Waals surface area contributed by atoms with E-state index in [1.165, 1.54) is 0 Å². The number of nitroso groups, excluding NO2 is 1. The van der Waals surface area contributed by atoms with Crippen molar-refractivity contribution < 1.29 is 19.8 Å². The predicted molar refractivity (Wildman–Crippen MR) is 98.7 cm³/mol. The van der Waals surface area contributed by atoms with Crippen LogP contribution in [0.15, 0.2) is 16.8 Å². The third-order valence-electron chi connectivity index (χ3n) is 8.79. The van der Waals surface area contributed by atoms with Crippen molar-refractivity contribution in [3.05, 3.63) is 16.6 Å². The van der Waals surface area contributed by atoms with E-state index in [1.807, 2.05) is 6.92 Å². The number of hydrogen-bond donors (Lipinski definition) is 2. The van der Waals surface area contributed by atoms with Crippen LogP contribution in [-0.2, 0) is 9.59 Å². The first-order valence-electron chi connectivity index (χ1n) is 10.1. The zero-order valence-corrected chi connectivity index (χ0v) is 16.1. The van der Waals surface area contributed by atoms with Crippen molar-refractivity contribution in [2.45, 2.75) is 70.4 Å². The Morgan fingerprint density at radius 3 is 2.67 bits per heavy atom. The number of aliphatic hydroxyl groups excluding tert-OH is 1. The predicted octanol–water partition coefficient (Wildman–Crippen LogP) is 2.56. The Bertz CT molecular complexity index is 732. The quantitative estimate of drug-likeness (QED) is 0.738. The minimum Gasteiger partial charge on any atom is -0.388 e. The molecule has 6 nitrogen and oxygen atoms in total. The maximum Gasteiger partial charge on any atom is 0.190 e. The van der Waals surface area contributed by atoms with E-state index in [4.69, 9.17) is 0 Å². The fourth-order valence-electron chi connectivity index (χ4n) is 7.38. The molecule has 0 spiro atoms. The highest BCUT2D eigenvalue weighted by Gasteiger charge is 2.68. The Balaban J connectivity index is 1.77. The number of carbonyl (C=O) groups is 2. The molecular weight excluding hydrogens is 346 g/mol. The lowest BCUT2D eigenvalue weighted by atomic mass is 9.45. The number of carbonyl (C=O) groups excluding carboxylic acids is 2. The van der Waals surface area contributed by atoms with E-state index in [0.29, 0.717) is 19.3 Å². The monoisotopic (exact) mass is 375 g/mol. The second-order valence-corrected chi connectivity index (χ2v) is 9.66. The lowest BCUT2D eigenvalue weighted by molar-refractivity contribution is -0.166. The van der Waals surface area contributed by atoms with Crippen molar-refractivity contribution in [1.29, 1.82) is 0 Å². The molecule has 3 fully saturated rings. The third kappa shape index (κ3) is 2.32. The largest absolute Gasteiger partial charge is 0.388 e. The highest BCUT2D eigenvalue weighted by atomic mass is 16.3. The molecule has 0 radical (unpaired) electrons. The lowest BCUT2D eigenvalue weighted by Crippen LogP contribution is -2.61. The van der Waals surface area contributed by atoms with E-state index in [0.717, 1.165) is 31.3 Å². The highest BCUT2D eigenvalue weighted by molar-refractivity contribution is 5.91. The van der Waals surface area contributed by atoms with Gasteiger partial charge in [0.2, 0.25) is 0 Å². The summed E-state index contributed by atoms with van der Waals surface area (Å²) < 4.78 is 0. The number of rotatable bonds is 3. The molecule has 4 aliphatic rings. The van der Waals surface area contributed by atoms with Crippen LogP contribution in [0.1, 0.15) is 58.8 Å². The smallest absolute Gasteiger partial charge is 0.190 e. The molecule has 0 aromatic carbocycles. The van der Waals surface area contributed by atoms with Crippen LogP contribution >= 0.6 is 0 Å². The van der Waals surface area contributed by atoms with Crippen molar-refractivity contribution in [2.24, 2.45) is 33.8 Å². The van der Waals surface area contributed by atoms with Crippen LogP contribution in [0.5, 0.6) is 0 Å². The van der Waals surface area contributed by atoms with Crippen molar-refractivity contribution in [3.63, 3.8) is 0 Å². The Hall–Kier alpha value is -1.40. The van der Waals surface area contributed by atoms with Crippen LogP contribution in [-0.4, -0.2) is 40.0 Å². The number of nitrogens with zero attached hydrogens (tertiary/aromatic N) is 1. The first kappa shape index (κ1) is 18.9. The third-order valence-corrected chi connectivity index (χ3v) is 8.79. The molecule has 0 aromatic heterocycles. The summed E-state index contributed by atoms with van der Waals surface area (Å²) in [5, 5.41) is 24.1. The summed E-state index contributed by atoms with van der Waals surface area (Å²) in [5.74, 6) is -0.00508. The van der Waals surface area contributed by atoms with Crippen molar-refractivity contribution >= 4 is 11.6 Å². The second-order valence-electron chi connectivity index (χ2n) is 9.66. The SMILES string of the molecule is CC12CCC(=O)C=C1CCC1C2C(N=O)CC2(C)C1CCC2(O)C(=O)CO. The Morgan fingerprint density at radius 2 is 2.00 bits per heavy atom. The summed E-state index contributed by atoms with van der Waals surface area (Å²) in [5.41, 5.74) is -1.38. The van der Waals surface area contributed by atoms with Crippen molar-refractivity contribution in [3.8, 4) is 0 Å². The normalized spacial score (nSPS) is 48.9. The Kier molecular flexibility index (Phi) is 4.24. The average Bonchev–Trinajstić information content (AvgIpc) is 2.92. The first-order chi connectivity index (χ1) is 12.7. The van der Waals surface area contributed by atoms with Gasteiger partial charge in [-0.05, 0) is 67.8 Å². The highest BCUT2D eigenvalue weighted by Crippen LogP contribution is 2.68. The minimum atomic E-state index is -1.58. The number of ketones is 2. The minimum absolute atomic E-state index is 0.0488. The molecular formula is C21H29NO5. The van der Waals surface area contributed by atoms with Crippen LogP contribution < -0.4 is 0 Å². The van der Waals surface area contributed by atoms with Gasteiger partial charge in [0.05, 0.1) is 6.04 Å². The Morgan fingerprint density at radius 1 is 1.26 bits per heavy atom. The maximum atomic E-state index is 12.4. The van der Waals surface area contributed by atoms with E-state index in [-0.39, 0.29) is 29.0 Å². The topological polar surface area (TPSA) is 104 Å². The first-order valence-corrected chi connectivity index (χ1v) is 10.1. The Labute approximate surface area is 159 Å².